The summed E-state index contributed by atoms with van der Waals surface area (Å²) in [5.41, 5.74) is 6.09. The maximum Gasteiger partial charge on any atom is 0.0625 e. The molecule has 5 atom stereocenters. The van der Waals surface area contributed by atoms with Gasteiger partial charge in [0, 0.05) is 12.0 Å². The highest BCUT2D eigenvalue weighted by Gasteiger charge is 2.44. The first-order valence-corrected chi connectivity index (χ1v) is 5.11. The quantitative estimate of drug-likeness (QED) is 0.597. The Balaban J connectivity index is 2.12. The van der Waals surface area contributed by atoms with Crippen LogP contribution < -0.4 is 5.73 Å². The molecule has 0 radical (unpaired) electrons. The van der Waals surface area contributed by atoms with Crippen LogP contribution >= 0.6 is 0 Å². The standard InChI is InChI=1S/C10H19NO/c1-6-7(2)12-9-5-3-4-8(11)10(6)9/h6-10H,3-5,11H2,1-2H3/t6-,7-,8-,9+,10-/m0/s1. The molecular formula is C10H19NO. The molecule has 12 heavy (non-hydrogen) atoms. The second-order valence-electron chi connectivity index (χ2n) is 4.41. The molecule has 2 nitrogen and oxygen atoms in total. The van der Waals surface area contributed by atoms with Gasteiger partial charge in [0.15, 0.2) is 0 Å². The molecule has 2 heteroatoms. The number of ether oxygens (including phenoxy) is 1. The predicted octanol–water partition coefficient (Wildman–Crippen LogP) is 1.54. The van der Waals surface area contributed by atoms with Gasteiger partial charge in [-0.3, -0.25) is 0 Å². The van der Waals surface area contributed by atoms with E-state index in [9.17, 15) is 0 Å². The molecule has 2 N–H and O–H groups in total. The summed E-state index contributed by atoms with van der Waals surface area (Å²) in [5.74, 6) is 1.29. The lowest BCUT2D eigenvalue weighted by Crippen LogP contribution is -2.41. The highest BCUT2D eigenvalue weighted by molar-refractivity contribution is 4.94. The van der Waals surface area contributed by atoms with E-state index in [2.05, 4.69) is 13.8 Å². The first-order chi connectivity index (χ1) is 5.70. The molecule has 2 fully saturated rings. The molecule has 2 rings (SSSR count). The molecule has 1 saturated heterocycles. The number of fused-ring (bicyclic) bond motifs is 1. The van der Waals surface area contributed by atoms with Crippen molar-refractivity contribution in [1.82, 2.24) is 0 Å². The predicted molar refractivity (Wildman–Crippen MR) is 48.8 cm³/mol. The average molecular weight is 169 g/mol. The third-order valence-corrected chi connectivity index (χ3v) is 3.69. The molecule has 70 valence electrons. The van der Waals surface area contributed by atoms with Gasteiger partial charge in [-0.15, -0.1) is 0 Å². The van der Waals surface area contributed by atoms with Crippen molar-refractivity contribution in [2.24, 2.45) is 17.6 Å². The van der Waals surface area contributed by atoms with Gasteiger partial charge in [-0.25, -0.2) is 0 Å². The third-order valence-electron chi connectivity index (χ3n) is 3.69. The molecule has 0 unspecified atom stereocenters. The summed E-state index contributed by atoms with van der Waals surface area (Å²) in [6, 6.07) is 0.392. The molecule has 2 aliphatic rings. The van der Waals surface area contributed by atoms with Gasteiger partial charge >= 0.3 is 0 Å². The van der Waals surface area contributed by atoms with Gasteiger partial charge in [-0.2, -0.15) is 0 Å². The van der Waals surface area contributed by atoms with Crippen molar-refractivity contribution in [1.29, 1.82) is 0 Å². The fraction of sp³-hybridized carbons (Fsp3) is 1.00. The van der Waals surface area contributed by atoms with Gasteiger partial charge in [0.2, 0.25) is 0 Å². The summed E-state index contributed by atoms with van der Waals surface area (Å²) in [4.78, 5) is 0. The van der Waals surface area contributed by atoms with E-state index < -0.39 is 0 Å². The average Bonchev–Trinajstić information content (AvgIpc) is 2.29. The lowest BCUT2D eigenvalue weighted by molar-refractivity contribution is 0.0216. The van der Waals surface area contributed by atoms with E-state index >= 15 is 0 Å². The lowest BCUT2D eigenvalue weighted by atomic mass is 9.76. The third kappa shape index (κ3) is 1.17. The fourth-order valence-corrected chi connectivity index (χ4v) is 2.82. The van der Waals surface area contributed by atoms with Crippen LogP contribution in [0.3, 0.4) is 0 Å². The van der Waals surface area contributed by atoms with Gasteiger partial charge in [-0.1, -0.05) is 6.92 Å². The van der Waals surface area contributed by atoms with Crippen LogP contribution in [0.5, 0.6) is 0 Å². The summed E-state index contributed by atoms with van der Waals surface area (Å²) < 4.78 is 5.87. The van der Waals surface area contributed by atoms with Crippen LogP contribution in [0.15, 0.2) is 0 Å². The molecule has 0 spiro atoms. The van der Waals surface area contributed by atoms with Gasteiger partial charge in [0.1, 0.15) is 0 Å². The Kier molecular flexibility index (Phi) is 2.13. The molecule has 1 aliphatic carbocycles. The Labute approximate surface area is 74.5 Å². The molecule has 1 saturated carbocycles. The number of hydrogen-bond donors (Lipinski definition) is 1. The van der Waals surface area contributed by atoms with Crippen LogP contribution in [0.4, 0.5) is 0 Å². The summed E-state index contributed by atoms with van der Waals surface area (Å²) in [6.45, 7) is 4.45. The van der Waals surface area contributed by atoms with Crippen LogP contribution in [0.1, 0.15) is 33.1 Å². The van der Waals surface area contributed by atoms with Crippen molar-refractivity contribution in [2.45, 2.75) is 51.4 Å². The van der Waals surface area contributed by atoms with Crippen LogP contribution in [0.2, 0.25) is 0 Å². The SMILES string of the molecule is C[C@@H]1[C@H]2[C@@H](N)CCC[C@H]2O[C@H]1C. The minimum atomic E-state index is 0.392. The molecule has 0 amide bonds. The maximum absolute atomic E-state index is 6.09. The monoisotopic (exact) mass is 169 g/mol. The maximum atomic E-state index is 6.09. The molecule has 1 aliphatic heterocycles. The van der Waals surface area contributed by atoms with Crippen LogP contribution in [-0.2, 0) is 4.74 Å². The number of rotatable bonds is 0. The number of nitrogens with two attached hydrogens (primary N) is 1. The highest BCUT2D eigenvalue weighted by atomic mass is 16.5. The van der Waals surface area contributed by atoms with Crippen molar-refractivity contribution < 1.29 is 4.74 Å². The largest absolute Gasteiger partial charge is 0.375 e. The van der Waals surface area contributed by atoms with E-state index in [-0.39, 0.29) is 0 Å². The Hall–Kier alpha value is -0.0800. The molecule has 0 aromatic carbocycles. The van der Waals surface area contributed by atoms with E-state index in [1.807, 2.05) is 0 Å². The smallest absolute Gasteiger partial charge is 0.0625 e. The molecule has 0 aromatic heterocycles. The lowest BCUT2D eigenvalue weighted by Gasteiger charge is -2.31. The molecule has 1 heterocycles. The zero-order valence-electron chi connectivity index (χ0n) is 7.99. The molecule has 0 aromatic rings. The number of hydrogen-bond acceptors (Lipinski definition) is 2. The van der Waals surface area contributed by atoms with E-state index in [0.717, 1.165) is 0 Å². The van der Waals surface area contributed by atoms with Gasteiger partial charge < -0.3 is 10.5 Å². The Bertz CT molecular complexity index is 171. The van der Waals surface area contributed by atoms with Crippen LogP contribution in [0.25, 0.3) is 0 Å². The highest BCUT2D eigenvalue weighted by Crippen LogP contribution is 2.40. The first-order valence-electron chi connectivity index (χ1n) is 5.11. The summed E-state index contributed by atoms with van der Waals surface area (Å²) >= 11 is 0. The van der Waals surface area contributed by atoms with Crippen LogP contribution in [0, 0.1) is 11.8 Å². The summed E-state index contributed by atoms with van der Waals surface area (Å²) in [7, 11) is 0. The first kappa shape index (κ1) is 8.52. The summed E-state index contributed by atoms with van der Waals surface area (Å²) in [6.07, 6.45) is 4.57. The van der Waals surface area contributed by atoms with Crippen LogP contribution in [-0.4, -0.2) is 18.2 Å². The summed E-state index contributed by atoms with van der Waals surface area (Å²) in [5, 5.41) is 0. The van der Waals surface area contributed by atoms with E-state index in [4.69, 9.17) is 10.5 Å². The van der Waals surface area contributed by atoms with Gasteiger partial charge in [0.05, 0.1) is 12.2 Å². The van der Waals surface area contributed by atoms with E-state index in [1.54, 1.807) is 0 Å². The van der Waals surface area contributed by atoms with Crippen molar-refractivity contribution in [3.05, 3.63) is 0 Å². The topological polar surface area (TPSA) is 35.2 Å². The van der Waals surface area contributed by atoms with Crippen molar-refractivity contribution >= 4 is 0 Å². The van der Waals surface area contributed by atoms with E-state index in [1.165, 1.54) is 19.3 Å². The van der Waals surface area contributed by atoms with Crippen molar-refractivity contribution in [3.8, 4) is 0 Å². The normalized spacial score (nSPS) is 53.8. The van der Waals surface area contributed by atoms with Gasteiger partial charge in [0.25, 0.3) is 0 Å². The Morgan fingerprint density at radius 2 is 2.00 bits per heavy atom. The zero-order chi connectivity index (χ0) is 8.72. The second kappa shape index (κ2) is 3.00. The zero-order valence-corrected chi connectivity index (χ0v) is 7.99. The van der Waals surface area contributed by atoms with Crippen molar-refractivity contribution in [3.63, 3.8) is 0 Å². The Morgan fingerprint density at radius 1 is 1.25 bits per heavy atom. The minimum Gasteiger partial charge on any atom is -0.375 e. The second-order valence-corrected chi connectivity index (χ2v) is 4.41. The van der Waals surface area contributed by atoms with Gasteiger partial charge in [-0.05, 0) is 32.1 Å². The molecular weight excluding hydrogens is 150 g/mol. The molecule has 0 bridgehead atoms. The Morgan fingerprint density at radius 3 is 2.67 bits per heavy atom. The minimum absolute atomic E-state index is 0.392. The fourth-order valence-electron chi connectivity index (χ4n) is 2.82. The van der Waals surface area contributed by atoms with Crippen molar-refractivity contribution in [2.75, 3.05) is 0 Å². The van der Waals surface area contributed by atoms with E-state index in [0.29, 0.717) is 30.1 Å².